The number of fused-ring (bicyclic) bond motifs is 1. The minimum atomic E-state index is -0.632. The Morgan fingerprint density at radius 3 is 2.55 bits per heavy atom. The molecule has 4 aromatic rings. The second-order valence-electron chi connectivity index (χ2n) is 10.5. The molecule has 9 heteroatoms. The van der Waals surface area contributed by atoms with Crippen molar-refractivity contribution in [2.45, 2.75) is 77.0 Å². The molecular formula is C31H34N6O3. The van der Waals surface area contributed by atoms with Gasteiger partial charge in [-0.15, -0.1) is 0 Å². The number of carbonyl (C=O) groups excluding carboxylic acids is 1. The molecule has 0 aliphatic heterocycles. The van der Waals surface area contributed by atoms with Crippen LogP contribution in [0.1, 0.15) is 74.4 Å². The number of nitrogens with zero attached hydrogens (tertiary/aromatic N) is 5. The van der Waals surface area contributed by atoms with E-state index in [1.54, 1.807) is 6.92 Å². The van der Waals surface area contributed by atoms with E-state index in [-0.39, 0.29) is 17.7 Å². The summed E-state index contributed by atoms with van der Waals surface area (Å²) in [5, 5.41) is 14.0. The number of aromatic nitrogens is 4. The highest BCUT2D eigenvalue weighted by molar-refractivity contribution is 5.78. The first kappa shape index (κ1) is 27.3. The van der Waals surface area contributed by atoms with Gasteiger partial charge >= 0.3 is 0 Å². The van der Waals surface area contributed by atoms with E-state index < -0.39 is 12.0 Å². The lowest BCUT2D eigenvalue weighted by Gasteiger charge is -2.31. The van der Waals surface area contributed by atoms with Gasteiger partial charge in [-0.2, -0.15) is 15.3 Å². The van der Waals surface area contributed by atoms with Crippen molar-refractivity contribution in [2.75, 3.05) is 0 Å². The fraction of sp³-hybridized carbons (Fsp3) is 0.387. The van der Waals surface area contributed by atoms with E-state index in [2.05, 4.69) is 23.1 Å². The summed E-state index contributed by atoms with van der Waals surface area (Å²) in [4.78, 5) is 30.1. The molecule has 40 heavy (non-hydrogen) atoms. The molecule has 1 unspecified atom stereocenters. The van der Waals surface area contributed by atoms with Crippen LogP contribution in [0, 0.1) is 11.3 Å². The number of nitrogens with two attached hydrogens (primary N) is 1. The normalized spacial score (nSPS) is 17.9. The lowest BCUT2D eigenvalue weighted by Crippen LogP contribution is -2.37. The largest absolute Gasteiger partial charge is 0.367 e. The van der Waals surface area contributed by atoms with Crippen LogP contribution in [-0.2, 0) is 22.4 Å². The van der Waals surface area contributed by atoms with Crippen LogP contribution in [0.25, 0.3) is 16.9 Å². The zero-order valence-electron chi connectivity index (χ0n) is 22.9. The third-order valence-electron chi connectivity index (χ3n) is 7.81. The first-order valence-corrected chi connectivity index (χ1v) is 13.9. The van der Waals surface area contributed by atoms with Crippen molar-refractivity contribution >= 4 is 11.7 Å². The summed E-state index contributed by atoms with van der Waals surface area (Å²) < 4.78 is 9.48. The lowest BCUT2D eigenvalue weighted by atomic mass is 9.92. The van der Waals surface area contributed by atoms with Crippen LogP contribution in [0.2, 0.25) is 0 Å². The number of amides is 1. The zero-order valence-corrected chi connectivity index (χ0v) is 22.9. The van der Waals surface area contributed by atoms with Crippen molar-refractivity contribution < 1.29 is 9.53 Å². The lowest BCUT2D eigenvalue weighted by molar-refractivity contribution is -0.133. The number of nitriles is 1. The van der Waals surface area contributed by atoms with Crippen LogP contribution in [0.3, 0.4) is 0 Å². The maximum atomic E-state index is 14.2. The van der Waals surface area contributed by atoms with Crippen LogP contribution in [0.15, 0.2) is 59.7 Å². The number of benzene rings is 2. The van der Waals surface area contributed by atoms with E-state index in [9.17, 15) is 14.9 Å². The fourth-order valence-electron chi connectivity index (χ4n) is 5.71. The van der Waals surface area contributed by atoms with E-state index in [0.717, 1.165) is 60.1 Å². The number of primary amides is 1. The molecular weight excluding hydrogens is 504 g/mol. The Bertz CT molecular complexity index is 1610. The molecule has 2 N–H and O–H groups in total. The maximum Gasteiger partial charge on any atom is 0.259 e. The second-order valence-corrected chi connectivity index (χ2v) is 10.5. The first-order valence-electron chi connectivity index (χ1n) is 13.9. The van der Waals surface area contributed by atoms with Gasteiger partial charge in [0.15, 0.2) is 0 Å². The van der Waals surface area contributed by atoms with Gasteiger partial charge in [0, 0.05) is 18.0 Å². The molecule has 5 rings (SSSR count). The Morgan fingerprint density at radius 1 is 1.15 bits per heavy atom. The molecule has 1 aliphatic rings. The molecule has 0 saturated heterocycles. The summed E-state index contributed by atoms with van der Waals surface area (Å²) in [6, 6.07) is 17.8. The summed E-state index contributed by atoms with van der Waals surface area (Å²) >= 11 is 0. The summed E-state index contributed by atoms with van der Waals surface area (Å²) in [6.07, 6.45) is 5.80. The van der Waals surface area contributed by atoms with Gasteiger partial charge in [0.05, 0.1) is 23.4 Å². The Balaban J connectivity index is 1.47. The first-order chi connectivity index (χ1) is 19.4. The van der Waals surface area contributed by atoms with Crippen molar-refractivity contribution in [1.82, 2.24) is 19.2 Å². The van der Waals surface area contributed by atoms with E-state index >= 15 is 0 Å². The number of rotatable bonds is 9. The SMILES string of the molecule is CCCc1c(Cc2ccc(-c3ccccc3C#N)cc2)c(=O)n([C@H]2CC[C@H](OC(C)C(N)=O)CC2)c2ncnn12. The molecule has 1 atom stereocenters. The van der Waals surface area contributed by atoms with Crippen LogP contribution in [-0.4, -0.2) is 37.3 Å². The highest BCUT2D eigenvalue weighted by Gasteiger charge is 2.29. The molecule has 1 amide bonds. The minimum Gasteiger partial charge on any atom is -0.367 e. The van der Waals surface area contributed by atoms with Crippen LogP contribution in [0.4, 0.5) is 0 Å². The molecule has 1 aliphatic carbocycles. The van der Waals surface area contributed by atoms with Gasteiger partial charge in [0.2, 0.25) is 11.7 Å². The third kappa shape index (κ3) is 5.40. The molecule has 2 heterocycles. The van der Waals surface area contributed by atoms with Crippen LogP contribution < -0.4 is 11.3 Å². The predicted molar refractivity (Wildman–Crippen MR) is 152 cm³/mol. The average molecular weight is 539 g/mol. The third-order valence-corrected chi connectivity index (χ3v) is 7.81. The molecule has 206 valence electrons. The van der Waals surface area contributed by atoms with E-state index in [0.29, 0.717) is 24.2 Å². The highest BCUT2D eigenvalue weighted by atomic mass is 16.5. The van der Waals surface area contributed by atoms with Gasteiger partial charge in [0.25, 0.3) is 5.56 Å². The smallest absolute Gasteiger partial charge is 0.259 e. The quantitative estimate of drug-likeness (QED) is 0.337. The molecule has 1 saturated carbocycles. The molecule has 2 aromatic heterocycles. The Labute approximate surface area is 233 Å². The number of hydrogen-bond donors (Lipinski definition) is 1. The molecule has 0 radical (unpaired) electrons. The fourth-order valence-corrected chi connectivity index (χ4v) is 5.71. The van der Waals surface area contributed by atoms with Gasteiger partial charge in [-0.3, -0.25) is 14.2 Å². The number of carbonyl (C=O) groups is 1. The van der Waals surface area contributed by atoms with Crippen LogP contribution >= 0.6 is 0 Å². The summed E-state index contributed by atoms with van der Waals surface area (Å²) in [5.41, 5.74) is 10.4. The Kier molecular flexibility index (Phi) is 8.08. The highest BCUT2D eigenvalue weighted by Crippen LogP contribution is 2.31. The van der Waals surface area contributed by atoms with E-state index in [1.165, 1.54) is 6.33 Å². The van der Waals surface area contributed by atoms with E-state index in [1.807, 2.05) is 57.6 Å². The molecule has 9 nitrogen and oxygen atoms in total. The predicted octanol–water partition coefficient (Wildman–Crippen LogP) is 4.35. The standard InChI is InChI=1S/C31H34N6O3/c1-3-6-28-27(17-21-9-11-22(12-10-21)26-8-5-4-7-23(26)18-32)30(39)36(31-34-19-35-37(28)31)24-13-15-25(16-14-24)40-20(2)29(33)38/h4-5,7-12,19-20,24-25H,3,6,13-17H2,1-2H3,(H2,33,38)/t20?,24-,25-. The number of hydrogen-bond acceptors (Lipinski definition) is 6. The number of ether oxygens (including phenoxy) is 1. The van der Waals surface area contributed by atoms with Gasteiger partial charge in [-0.05, 0) is 61.8 Å². The van der Waals surface area contributed by atoms with Crippen molar-refractivity contribution in [2.24, 2.45) is 5.73 Å². The van der Waals surface area contributed by atoms with Gasteiger partial charge < -0.3 is 10.5 Å². The molecule has 0 bridgehead atoms. The Hall–Kier alpha value is -4.29. The Morgan fingerprint density at radius 2 is 1.88 bits per heavy atom. The monoisotopic (exact) mass is 538 g/mol. The zero-order chi connectivity index (χ0) is 28.2. The van der Waals surface area contributed by atoms with Gasteiger partial charge in [0.1, 0.15) is 12.4 Å². The second kappa shape index (κ2) is 11.8. The average Bonchev–Trinajstić information content (AvgIpc) is 3.45. The maximum absolute atomic E-state index is 14.2. The van der Waals surface area contributed by atoms with Crippen molar-refractivity contribution in [1.29, 1.82) is 5.26 Å². The molecule has 0 spiro atoms. The minimum absolute atomic E-state index is 0.0299. The summed E-state index contributed by atoms with van der Waals surface area (Å²) in [7, 11) is 0. The summed E-state index contributed by atoms with van der Waals surface area (Å²) in [6.45, 7) is 3.76. The number of aryl methyl sites for hydroxylation is 1. The molecule has 2 aromatic carbocycles. The van der Waals surface area contributed by atoms with Gasteiger partial charge in [-0.25, -0.2) is 4.52 Å². The molecule has 1 fully saturated rings. The van der Waals surface area contributed by atoms with Crippen LogP contribution in [0.5, 0.6) is 0 Å². The topological polar surface area (TPSA) is 128 Å². The van der Waals surface area contributed by atoms with E-state index in [4.69, 9.17) is 10.5 Å². The van der Waals surface area contributed by atoms with Crippen molar-refractivity contribution in [3.8, 4) is 17.2 Å². The van der Waals surface area contributed by atoms with Crippen molar-refractivity contribution in [3.63, 3.8) is 0 Å². The van der Waals surface area contributed by atoms with Crippen molar-refractivity contribution in [3.05, 3.63) is 87.6 Å². The van der Waals surface area contributed by atoms with Gasteiger partial charge in [-0.1, -0.05) is 55.8 Å². The summed E-state index contributed by atoms with van der Waals surface area (Å²) in [5.74, 6) is 0.0949.